The third-order valence-corrected chi connectivity index (χ3v) is 3.70. The molecule has 0 aliphatic carbocycles. The van der Waals surface area contributed by atoms with Crippen molar-refractivity contribution in [3.63, 3.8) is 0 Å². The van der Waals surface area contributed by atoms with Crippen LogP contribution in [0.2, 0.25) is 5.02 Å². The van der Waals surface area contributed by atoms with Crippen molar-refractivity contribution in [2.24, 2.45) is 0 Å². The lowest BCUT2D eigenvalue weighted by Gasteiger charge is -2.07. The van der Waals surface area contributed by atoms with Gasteiger partial charge in [-0.1, -0.05) is 59.8 Å². The molecule has 4 nitrogen and oxygen atoms in total. The first-order valence-corrected chi connectivity index (χ1v) is 7.65. The molecule has 2 rings (SSSR count). The summed E-state index contributed by atoms with van der Waals surface area (Å²) in [5, 5.41) is 3.54. The van der Waals surface area contributed by atoms with E-state index in [9.17, 15) is 4.79 Å². The van der Waals surface area contributed by atoms with Crippen molar-refractivity contribution >= 4 is 29.3 Å². The Labute approximate surface area is 132 Å². The molecule has 0 aliphatic rings. The molecule has 0 spiro atoms. The van der Waals surface area contributed by atoms with Gasteiger partial charge in [0, 0.05) is 12.3 Å². The molecule has 0 saturated heterocycles. The average Bonchev–Trinajstić information content (AvgIpc) is 2.53. The van der Waals surface area contributed by atoms with E-state index in [-0.39, 0.29) is 16.6 Å². The highest BCUT2D eigenvalue weighted by molar-refractivity contribution is 7.99. The lowest BCUT2D eigenvalue weighted by Crippen LogP contribution is -2.24. The van der Waals surface area contributed by atoms with Crippen LogP contribution < -0.4 is 5.32 Å². The first-order chi connectivity index (χ1) is 10.2. The van der Waals surface area contributed by atoms with E-state index in [4.69, 9.17) is 11.6 Å². The molecule has 0 fully saturated rings. The SMILES string of the molecule is C=CCSc1ncc(Cl)c(C(=O)NCc2ccccc2)n1. The molecule has 1 amide bonds. The number of amides is 1. The third-order valence-electron chi connectivity index (χ3n) is 2.56. The molecule has 0 atom stereocenters. The molecule has 2 aromatic rings. The van der Waals surface area contributed by atoms with Crippen molar-refractivity contribution in [2.75, 3.05) is 5.75 Å². The van der Waals surface area contributed by atoms with Gasteiger partial charge < -0.3 is 5.32 Å². The van der Waals surface area contributed by atoms with Crippen molar-refractivity contribution in [3.8, 4) is 0 Å². The van der Waals surface area contributed by atoms with Crippen LogP contribution in [0.15, 0.2) is 54.3 Å². The van der Waals surface area contributed by atoms with Crippen LogP contribution >= 0.6 is 23.4 Å². The number of thioether (sulfide) groups is 1. The van der Waals surface area contributed by atoms with Crippen LogP contribution in [-0.4, -0.2) is 21.6 Å². The zero-order valence-corrected chi connectivity index (χ0v) is 12.8. The van der Waals surface area contributed by atoms with Crippen molar-refractivity contribution in [1.82, 2.24) is 15.3 Å². The molecular formula is C15H14ClN3OS. The molecule has 0 radical (unpaired) electrons. The summed E-state index contributed by atoms with van der Waals surface area (Å²) >= 11 is 7.39. The molecule has 1 N–H and O–H groups in total. The fourth-order valence-corrected chi connectivity index (χ4v) is 2.30. The van der Waals surface area contributed by atoms with Crippen LogP contribution in [-0.2, 0) is 6.54 Å². The number of nitrogens with one attached hydrogen (secondary N) is 1. The van der Waals surface area contributed by atoms with Crippen LogP contribution in [0.4, 0.5) is 0 Å². The Morgan fingerprint density at radius 3 is 2.86 bits per heavy atom. The number of hydrogen-bond acceptors (Lipinski definition) is 4. The minimum Gasteiger partial charge on any atom is -0.347 e. The van der Waals surface area contributed by atoms with Crippen molar-refractivity contribution < 1.29 is 4.79 Å². The second kappa shape index (κ2) is 7.81. The van der Waals surface area contributed by atoms with Crippen LogP contribution in [0, 0.1) is 0 Å². The van der Waals surface area contributed by atoms with Gasteiger partial charge in [-0.05, 0) is 5.56 Å². The van der Waals surface area contributed by atoms with Gasteiger partial charge in [-0.25, -0.2) is 9.97 Å². The van der Waals surface area contributed by atoms with E-state index < -0.39 is 0 Å². The van der Waals surface area contributed by atoms with Gasteiger partial charge in [-0.15, -0.1) is 6.58 Å². The van der Waals surface area contributed by atoms with Gasteiger partial charge in [0.15, 0.2) is 10.9 Å². The molecule has 0 aliphatic heterocycles. The predicted molar refractivity (Wildman–Crippen MR) is 85.6 cm³/mol. The summed E-state index contributed by atoms with van der Waals surface area (Å²) in [6.07, 6.45) is 3.19. The smallest absolute Gasteiger partial charge is 0.271 e. The molecule has 1 aromatic carbocycles. The summed E-state index contributed by atoms with van der Waals surface area (Å²) in [5.74, 6) is 0.360. The highest BCUT2D eigenvalue weighted by Gasteiger charge is 2.14. The van der Waals surface area contributed by atoms with Crippen molar-refractivity contribution in [2.45, 2.75) is 11.7 Å². The summed E-state index contributed by atoms with van der Waals surface area (Å²) in [7, 11) is 0. The van der Waals surface area contributed by atoms with Gasteiger partial charge in [0.1, 0.15) is 0 Å². The summed E-state index contributed by atoms with van der Waals surface area (Å²) in [6.45, 7) is 4.06. The van der Waals surface area contributed by atoms with Crippen LogP contribution in [0.25, 0.3) is 0 Å². The monoisotopic (exact) mass is 319 g/mol. The molecule has 21 heavy (non-hydrogen) atoms. The topological polar surface area (TPSA) is 54.9 Å². The van der Waals surface area contributed by atoms with E-state index >= 15 is 0 Å². The van der Waals surface area contributed by atoms with Crippen molar-refractivity contribution in [1.29, 1.82) is 0 Å². The average molecular weight is 320 g/mol. The number of halogens is 1. The molecule has 0 unspecified atom stereocenters. The van der Waals surface area contributed by atoms with Gasteiger partial charge >= 0.3 is 0 Å². The molecule has 0 bridgehead atoms. The standard InChI is InChI=1S/C15H14ClN3OS/c1-2-8-21-15-18-10-12(16)13(19-15)14(20)17-9-11-6-4-3-5-7-11/h2-7,10H,1,8-9H2,(H,17,20). The highest BCUT2D eigenvalue weighted by Crippen LogP contribution is 2.18. The predicted octanol–water partition coefficient (Wildman–Crippen LogP) is 3.34. The quantitative estimate of drug-likeness (QED) is 0.504. The summed E-state index contributed by atoms with van der Waals surface area (Å²) in [6, 6.07) is 9.64. The lowest BCUT2D eigenvalue weighted by molar-refractivity contribution is 0.0945. The third kappa shape index (κ3) is 4.58. The number of hydrogen-bond donors (Lipinski definition) is 1. The Morgan fingerprint density at radius 1 is 1.38 bits per heavy atom. The van der Waals surface area contributed by atoms with Crippen LogP contribution in [0.3, 0.4) is 0 Å². The number of rotatable bonds is 6. The Hall–Kier alpha value is -1.85. The molecule has 0 saturated carbocycles. The Morgan fingerprint density at radius 2 is 2.14 bits per heavy atom. The fraction of sp³-hybridized carbons (Fsp3) is 0.133. The second-order valence-electron chi connectivity index (χ2n) is 4.12. The Balaban J connectivity index is 2.05. The van der Waals surface area contributed by atoms with Gasteiger partial charge in [-0.3, -0.25) is 4.79 Å². The van der Waals surface area contributed by atoms with Gasteiger partial charge in [0.05, 0.1) is 11.2 Å². The molecular weight excluding hydrogens is 306 g/mol. The number of benzene rings is 1. The normalized spacial score (nSPS) is 10.1. The first-order valence-electron chi connectivity index (χ1n) is 6.29. The number of aromatic nitrogens is 2. The number of nitrogens with zero attached hydrogens (tertiary/aromatic N) is 2. The van der Waals surface area contributed by atoms with Crippen LogP contribution in [0.1, 0.15) is 16.1 Å². The molecule has 108 valence electrons. The van der Waals surface area contributed by atoms with Crippen LogP contribution in [0.5, 0.6) is 0 Å². The first kappa shape index (κ1) is 15.5. The number of carbonyl (C=O) groups excluding carboxylic acids is 1. The minimum absolute atomic E-state index is 0.189. The summed E-state index contributed by atoms with van der Waals surface area (Å²) in [5.41, 5.74) is 1.20. The van der Waals surface area contributed by atoms with E-state index in [1.165, 1.54) is 18.0 Å². The Bertz CT molecular complexity index is 634. The van der Waals surface area contributed by atoms with Gasteiger partial charge in [0.2, 0.25) is 0 Å². The summed E-state index contributed by atoms with van der Waals surface area (Å²) in [4.78, 5) is 20.4. The fourth-order valence-electron chi connectivity index (χ4n) is 1.58. The molecule has 1 aromatic heterocycles. The van der Waals surface area contributed by atoms with E-state index in [1.54, 1.807) is 6.08 Å². The summed E-state index contributed by atoms with van der Waals surface area (Å²) < 4.78 is 0. The van der Waals surface area contributed by atoms with Crippen molar-refractivity contribution in [3.05, 3.63) is 65.5 Å². The maximum atomic E-state index is 12.1. The van der Waals surface area contributed by atoms with E-state index in [0.29, 0.717) is 17.5 Å². The minimum atomic E-state index is -0.313. The number of carbonyl (C=O) groups is 1. The highest BCUT2D eigenvalue weighted by atomic mass is 35.5. The molecule has 6 heteroatoms. The van der Waals surface area contributed by atoms with E-state index in [1.807, 2.05) is 30.3 Å². The van der Waals surface area contributed by atoms with E-state index in [0.717, 1.165) is 5.56 Å². The zero-order valence-electron chi connectivity index (χ0n) is 11.3. The molecule has 1 heterocycles. The maximum Gasteiger partial charge on any atom is 0.271 e. The Kier molecular flexibility index (Phi) is 5.78. The maximum absolute atomic E-state index is 12.1. The van der Waals surface area contributed by atoms with Gasteiger partial charge in [0.25, 0.3) is 5.91 Å². The van der Waals surface area contributed by atoms with E-state index in [2.05, 4.69) is 21.9 Å². The van der Waals surface area contributed by atoms with Gasteiger partial charge in [-0.2, -0.15) is 0 Å². The zero-order chi connectivity index (χ0) is 15.1. The second-order valence-corrected chi connectivity index (χ2v) is 5.51. The lowest BCUT2D eigenvalue weighted by atomic mass is 10.2. The largest absolute Gasteiger partial charge is 0.347 e.